The predicted molar refractivity (Wildman–Crippen MR) is 117 cm³/mol. The van der Waals surface area contributed by atoms with Crippen molar-refractivity contribution in [2.24, 2.45) is 4.99 Å². The van der Waals surface area contributed by atoms with Gasteiger partial charge in [0.05, 0.1) is 5.69 Å². The van der Waals surface area contributed by atoms with E-state index in [9.17, 15) is 5.26 Å². The van der Waals surface area contributed by atoms with E-state index in [0.717, 1.165) is 5.56 Å². The second-order valence-electron chi connectivity index (χ2n) is 6.65. The van der Waals surface area contributed by atoms with Gasteiger partial charge in [-0.05, 0) is 42.0 Å². The van der Waals surface area contributed by atoms with Crippen LogP contribution in [-0.2, 0) is 0 Å². The zero-order valence-corrected chi connectivity index (χ0v) is 16.1. The summed E-state index contributed by atoms with van der Waals surface area (Å²) in [6.07, 6.45) is 1.82. The van der Waals surface area contributed by atoms with E-state index in [1.165, 1.54) is 0 Å². The molecule has 0 fully saturated rings. The van der Waals surface area contributed by atoms with Crippen LogP contribution in [-0.4, -0.2) is 10.9 Å². The average molecular weight is 411 g/mol. The molecule has 3 aromatic rings. The Labute approximate surface area is 177 Å². The quantitative estimate of drug-likeness (QED) is 0.245. The van der Waals surface area contributed by atoms with Crippen molar-refractivity contribution in [1.82, 2.24) is 10.3 Å². The van der Waals surface area contributed by atoms with E-state index in [0.29, 0.717) is 28.6 Å². The lowest BCUT2D eigenvalue weighted by atomic mass is 9.95. The molecule has 0 radical (unpaired) electrons. The standard InChI is InChI=1S/C21H17N9O/c22-9-15-17(25)16-18(28-21(27-10-23)30-20(16)29-19(15)26)11-2-1-3-14(8-11)31-13-6-4-12(24)5-7-13/h1-8,18H,24H2,(H6,25,26,27,28,29,30). The molecule has 0 spiro atoms. The van der Waals surface area contributed by atoms with Gasteiger partial charge < -0.3 is 27.3 Å². The van der Waals surface area contributed by atoms with Crippen LogP contribution in [0.3, 0.4) is 0 Å². The normalized spacial score (nSPS) is 14.3. The summed E-state index contributed by atoms with van der Waals surface area (Å²) in [4.78, 5) is 8.78. The maximum atomic E-state index is 9.43. The summed E-state index contributed by atoms with van der Waals surface area (Å²) in [5.74, 6) is 1.67. The molecular formula is C21H17N9O. The Kier molecular flexibility index (Phi) is 4.88. The second kappa shape index (κ2) is 7.81. The molecule has 0 amide bonds. The minimum atomic E-state index is -0.651. The van der Waals surface area contributed by atoms with Crippen LogP contribution in [0.4, 0.5) is 23.0 Å². The molecular weight excluding hydrogens is 394 g/mol. The lowest BCUT2D eigenvalue weighted by Crippen LogP contribution is -2.32. The van der Waals surface area contributed by atoms with E-state index < -0.39 is 6.04 Å². The van der Waals surface area contributed by atoms with Gasteiger partial charge in [-0.1, -0.05) is 12.1 Å². The van der Waals surface area contributed by atoms with Gasteiger partial charge in [0, 0.05) is 11.3 Å². The minimum absolute atomic E-state index is 0.0105. The molecule has 0 aliphatic carbocycles. The van der Waals surface area contributed by atoms with E-state index in [2.05, 4.69) is 20.6 Å². The maximum absolute atomic E-state index is 9.43. The number of nitriles is 2. The molecule has 2 heterocycles. The lowest BCUT2D eigenvalue weighted by molar-refractivity contribution is 0.481. The van der Waals surface area contributed by atoms with Crippen LogP contribution in [0, 0.1) is 22.8 Å². The Hall–Kier alpha value is -4.96. The number of nitrogens with two attached hydrogens (primary N) is 3. The molecule has 1 atom stereocenters. The smallest absolute Gasteiger partial charge is 0.211 e. The van der Waals surface area contributed by atoms with Crippen molar-refractivity contribution in [2.75, 3.05) is 22.5 Å². The molecule has 1 aliphatic heterocycles. The van der Waals surface area contributed by atoms with E-state index in [1.807, 2.05) is 24.4 Å². The molecule has 8 N–H and O–H groups in total. The monoisotopic (exact) mass is 411 g/mol. The number of ether oxygens (including phenoxy) is 1. The highest BCUT2D eigenvalue weighted by atomic mass is 16.5. The van der Waals surface area contributed by atoms with E-state index in [-0.39, 0.29) is 23.0 Å². The zero-order valence-electron chi connectivity index (χ0n) is 16.1. The number of benzene rings is 2. The Morgan fingerprint density at radius 1 is 1.03 bits per heavy atom. The fourth-order valence-electron chi connectivity index (χ4n) is 3.24. The highest BCUT2D eigenvalue weighted by molar-refractivity contribution is 5.98. The first-order valence-electron chi connectivity index (χ1n) is 9.12. The Balaban J connectivity index is 1.79. The van der Waals surface area contributed by atoms with Crippen molar-refractivity contribution < 1.29 is 4.74 Å². The largest absolute Gasteiger partial charge is 0.457 e. The molecule has 0 saturated heterocycles. The number of nitrogens with one attached hydrogen (secondary N) is 2. The minimum Gasteiger partial charge on any atom is -0.457 e. The number of nitrogen functional groups attached to an aromatic ring is 3. The molecule has 152 valence electrons. The van der Waals surface area contributed by atoms with Gasteiger partial charge in [-0.25, -0.2) is 9.98 Å². The second-order valence-corrected chi connectivity index (χ2v) is 6.65. The highest BCUT2D eigenvalue weighted by Gasteiger charge is 2.29. The number of nitrogens with zero attached hydrogens (tertiary/aromatic N) is 4. The van der Waals surface area contributed by atoms with E-state index >= 15 is 0 Å². The number of hydrogen-bond acceptors (Lipinski definition) is 10. The predicted octanol–water partition coefficient (Wildman–Crippen LogP) is 2.43. The third-order valence-corrected chi connectivity index (χ3v) is 4.65. The molecule has 2 aromatic carbocycles. The van der Waals surface area contributed by atoms with Crippen LogP contribution in [0.5, 0.6) is 11.5 Å². The van der Waals surface area contributed by atoms with Gasteiger partial charge in [-0.15, -0.1) is 0 Å². The Morgan fingerprint density at radius 3 is 2.52 bits per heavy atom. The fraction of sp³-hybridized carbons (Fsp3) is 0.0476. The third-order valence-electron chi connectivity index (χ3n) is 4.65. The third kappa shape index (κ3) is 3.69. The SMILES string of the molecule is N#CNC1=NC(c2cccc(Oc3ccc(N)cc3)c2)c2c(nc(N)c(C#N)c2N)N1. The first kappa shape index (κ1) is 19.4. The summed E-state index contributed by atoms with van der Waals surface area (Å²) in [5.41, 5.74) is 19.9. The number of aromatic nitrogens is 1. The summed E-state index contributed by atoms with van der Waals surface area (Å²) in [7, 11) is 0. The van der Waals surface area contributed by atoms with Crippen LogP contribution >= 0.6 is 0 Å². The first-order valence-corrected chi connectivity index (χ1v) is 9.12. The molecule has 0 bridgehead atoms. The molecule has 31 heavy (non-hydrogen) atoms. The number of fused-ring (bicyclic) bond motifs is 1. The van der Waals surface area contributed by atoms with Crippen molar-refractivity contribution in [1.29, 1.82) is 10.5 Å². The Morgan fingerprint density at radius 2 is 1.81 bits per heavy atom. The molecule has 1 aliphatic rings. The van der Waals surface area contributed by atoms with Crippen LogP contribution in [0.2, 0.25) is 0 Å². The van der Waals surface area contributed by atoms with Crippen LogP contribution in [0.25, 0.3) is 0 Å². The van der Waals surface area contributed by atoms with Gasteiger partial charge in [0.25, 0.3) is 0 Å². The van der Waals surface area contributed by atoms with Gasteiger partial charge in [-0.3, -0.25) is 5.32 Å². The highest BCUT2D eigenvalue weighted by Crippen LogP contribution is 2.41. The molecule has 10 heteroatoms. The van der Waals surface area contributed by atoms with Crippen molar-refractivity contribution in [3.05, 3.63) is 65.2 Å². The van der Waals surface area contributed by atoms with Crippen molar-refractivity contribution >= 4 is 29.0 Å². The number of rotatable bonds is 3. The van der Waals surface area contributed by atoms with Gasteiger partial charge in [0.2, 0.25) is 5.96 Å². The van der Waals surface area contributed by atoms with Crippen molar-refractivity contribution in [3.63, 3.8) is 0 Å². The summed E-state index contributed by atoms with van der Waals surface area (Å²) < 4.78 is 5.91. The number of aliphatic imine (C=N–C) groups is 1. The first-order chi connectivity index (χ1) is 15.0. The van der Waals surface area contributed by atoms with Gasteiger partial charge in [-0.2, -0.15) is 10.5 Å². The number of pyridine rings is 1. The van der Waals surface area contributed by atoms with Gasteiger partial charge in [0.15, 0.2) is 6.19 Å². The van der Waals surface area contributed by atoms with Crippen LogP contribution in [0.1, 0.15) is 22.7 Å². The molecule has 1 unspecified atom stereocenters. The number of anilines is 4. The summed E-state index contributed by atoms with van der Waals surface area (Å²) in [6.45, 7) is 0. The average Bonchev–Trinajstić information content (AvgIpc) is 2.75. The Bertz CT molecular complexity index is 1270. The molecule has 10 nitrogen and oxygen atoms in total. The van der Waals surface area contributed by atoms with Crippen molar-refractivity contribution in [3.8, 4) is 23.8 Å². The van der Waals surface area contributed by atoms with Crippen LogP contribution in [0.15, 0.2) is 53.5 Å². The maximum Gasteiger partial charge on any atom is 0.211 e. The molecule has 0 saturated carbocycles. The zero-order chi connectivity index (χ0) is 22.0. The lowest BCUT2D eigenvalue weighted by Gasteiger charge is -2.26. The van der Waals surface area contributed by atoms with Gasteiger partial charge >= 0.3 is 0 Å². The van der Waals surface area contributed by atoms with E-state index in [1.54, 1.807) is 36.4 Å². The van der Waals surface area contributed by atoms with E-state index in [4.69, 9.17) is 27.2 Å². The molecule has 1 aromatic heterocycles. The van der Waals surface area contributed by atoms with Gasteiger partial charge in [0.1, 0.15) is 40.8 Å². The summed E-state index contributed by atoms with van der Waals surface area (Å²) >= 11 is 0. The molecule has 4 rings (SSSR count). The summed E-state index contributed by atoms with van der Waals surface area (Å²) in [5, 5.41) is 23.8. The topological polar surface area (TPSA) is 184 Å². The van der Waals surface area contributed by atoms with Crippen molar-refractivity contribution in [2.45, 2.75) is 6.04 Å². The fourth-order valence-corrected chi connectivity index (χ4v) is 3.24. The number of hydrogen-bond donors (Lipinski definition) is 5. The number of guanidine groups is 1. The van der Waals surface area contributed by atoms with Crippen LogP contribution < -0.4 is 32.6 Å². The summed E-state index contributed by atoms with van der Waals surface area (Å²) in [6, 6.07) is 15.6.